The van der Waals surface area contributed by atoms with Crippen molar-refractivity contribution in [3.63, 3.8) is 0 Å². The minimum Gasteiger partial charge on any atom is -0.485 e. The van der Waals surface area contributed by atoms with Crippen LogP contribution >= 0.6 is 0 Å². The second-order valence-corrected chi connectivity index (χ2v) is 7.93. The molecule has 0 saturated heterocycles. The van der Waals surface area contributed by atoms with Crippen molar-refractivity contribution < 1.29 is 18.7 Å². The Kier molecular flexibility index (Phi) is 4.87. The Hall–Kier alpha value is -2.76. The molecule has 28 heavy (non-hydrogen) atoms. The van der Waals surface area contributed by atoms with Gasteiger partial charge in [-0.15, -0.1) is 0 Å². The van der Waals surface area contributed by atoms with E-state index in [2.05, 4.69) is 0 Å². The highest BCUT2D eigenvalue weighted by atomic mass is 16.5. The molecule has 2 heterocycles. The normalized spacial score (nSPS) is 24.2. The second-order valence-electron chi connectivity index (χ2n) is 7.93. The van der Waals surface area contributed by atoms with Crippen LogP contribution in [0, 0.1) is 0 Å². The molecule has 1 spiro atoms. The summed E-state index contributed by atoms with van der Waals surface area (Å²) in [5.41, 5.74) is 1.14. The van der Waals surface area contributed by atoms with Crippen molar-refractivity contribution in [1.82, 2.24) is 9.80 Å². The highest BCUT2D eigenvalue weighted by molar-refractivity contribution is 5.94. The molecule has 2 amide bonds. The quantitative estimate of drug-likeness (QED) is 0.798. The third kappa shape index (κ3) is 3.51. The zero-order valence-corrected chi connectivity index (χ0v) is 16.4. The largest absolute Gasteiger partial charge is 0.485 e. The standard InChI is InChI=1S/C22H26N2O4/c1-16(25)23(2)19-7-10-22(11-8-19)15-24(21(26)18-9-12-27-14-18)13-17-5-3-4-6-20(17)28-22/h3-6,9,12,14,19H,7-8,10-11,13,15H2,1-2H3. The first kappa shape index (κ1) is 18.6. The molecule has 2 aliphatic rings. The van der Waals surface area contributed by atoms with Crippen molar-refractivity contribution in [3.05, 3.63) is 54.0 Å². The van der Waals surface area contributed by atoms with Gasteiger partial charge in [0.05, 0.1) is 18.4 Å². The Labute approximate surface area is 165 Å². The van der Waals surface area contributed by atoms with Crippen LogP contribution in [-0.4, -0.2) is 46.8 Å². The number of amides is 2. The van der Waals surface area contributed by atoms with E-state index in [1.54, 1.807) is 13.0 Å². The van der Waals surface area contributed by atoms with Gasteiger partial charge in [0.2, 0.25) is 5.91 Å². The third-order valence-corrected chi connectivity index (χ3v) is 6.11. The summed E-state index contributed by atoms with van der Waals surface area (Å²) >= 11 is 0. The molecule has 0 N–H and O–H groups in total. The average Bonchev–Trinajstić information content (AvgIpc) is 3.18. The summed E-state index contributed by atoms with van der Waals surface area (Å²) in [6.07, 6.45) is 6.36. The minimum absolute atomic E-state index is 0.0450. The van der Waals surface area contributed by atoms with Gasteiger partial charge >= 0.3 is 0 Å². The number of para-hydroxylation sites is 1. The molecular formula is C22H26N2O4. The SMILES string of the molecule is CC(=O)N(C)C1CCC2(CC1)CN(C(=O)c1ccoc1)Cc1ccccc1O2. The van der Waals surface area contributed by atoms with E-state index in [4.69, 9.17) is 9.15 Å². The Bertz CT molecular complexity index is 853. The minimum atomic E-state index is -0.430. The molecule has 148 valence electrons. The predicted molar refractivity (Wildman–Crippen MR) is 104 cm³/mol. The molecule has 2 aromatic rings. The number of furan rings is 1. The molecule has 0 bridgehead atoms. The fourth-order valence-corrected chi connectivity index (χ4v) is 4.35. The lowest BCUT2D eigenvalue weighted by atomic mass is 9.81. The number of fused-ring (bicyclic) bond motifs is 1. The van der Waals surface area contributed by atoms with Gasteiger partial charge in [-0.05, 0) is 37.8 Å². The molecule has 1 fully saturated rings. The zero-order valence-electron chi connectivity index (χ0n) is 16.4. The summed E-state index contributed by atoms with van der Waals surface area (Å²) in [4.78, 5) is 28.5. The maximum atomic E-state index is 13.1. The van der Waals surface area contributed by atoms with E-state index in [0.29, 0.717) is 18.7 Å². The van der Waals surface area contributed by atoms with E-state index in [1.165, 1.54) is 12.5 Å². The van der Waals surface area contributed by atoms with Crippen LogP contribution in [0.3, 0.4) is 0 Å². The molecule has 1 aliphatic carbocycles. The van der Waals surface area contributed by atoms with E-state index in [1.807, 2.05) is 41.1 Å². The summed E-state index contributed by atoms with van der Waals surface area (Å²) in [5, 5.41) is 0. The molecule has 1 aromatic heterocycles. The monoisotopic (exact) mass is 382 g/mol. The van der Waals surface area contributed by atoms with E-state index in [0.717, 1.165) is 37.0 Å². The molecule has 1 aliphatic heterocycles. The number of carbonyl (C=O) groups excluding carboxylic acids is 2. The van der Waals surface area contributed by atoms with E-state index in [-0.39, 0.29) is 17.9 Å². The molecule has 6 nitrogen and oxygen atoms in total. The van der Waals surface area contributed by atoms with Gasteiger partial charge in [0, 0.05) is 32.1 Å². The molecule has 6 heteroatoms. The number of hydrogen-bond donors (Lipinski definition) is 0. The van der Waals surface area contributed by atoms with Crippen molar-refractivity contribution in [2.45, 2.75) is 50.8 Å². The fourth-order valence-electron chi connectivity index (χ4n) is 4.35. The third-order valence-electron chi connectivity index (χ3n) is 6.11. The average molecular weight is 382 g/mol. The number of rotatable bonds is 2. The van der Waals surface area contributed by atoms with Crippen LogP contribution in [0.15, 0.2) is 47.3 Å². The van der Waals surface area contributed by atoms with Crippen LogP contribution in [0.4, 0.5) is 0 Å². The summed E-state index contributed by atoms with van der Waals surface area (Å²) < 4.78 is 11.7. The van der Waals surface area contributed by atoms with Gasteiger partial charge in [0.25, 0.3) is 5.91 Å². The number of hydrogen-bond acceptors (Lipinski definition) is 4. The van der Waals surface area contributed by atoms with Crippen molar-refractivity contribution >= 4 is 11.8 Å². The van der Waals surface area contributed by atoms with Gasteiger partial charge in [-0.2, -0.15) is 0 Å². The lowest BCUT2D eigenvalue weighted by molar-refractivity contribution is -0.131. The molecule has 0 radical (unpaired) electrons. The Balaban J connectivity index is 1.60. The maximum absolute atomic E-state index is 13.1. The first-order chi connectivity index (χ1) is 13.5. The summed E-state index contributed by atoms with van der Waals surface area (Å²) in [5.74, 6) is 0.893. The summed E-state index contributed by atoms with van der Waals surface area (Å²) in [6, 6.07) is 9.86. The van der Waals surface area contributed by atoms with Crippen LogP contribution in [0.2, 0.25) is 0 Å². The molecule has 1 saturated carbocycles. The van der Waals surface area contributed by atoms with Gasteiger partial charge in [-0.25, -0.2) is 0 Å². The van der Waals surface area contributed by atoms with Gasteiger partial charge < -0.3 is 19.0 Å². The number of benzene rings is 1. The Morgan fingerprint density at radius 2 is 1.93 bits per heavy atom. The number of ether oxygens (including phenoxy) is 1. The van der Waals surface area contributed by atoms with Gasteiger partial charge in [0.15, 0.2) is 0 Å². The van der Waals surface area contributed by atoms with Crippen molar-refractivity contribution in [1.29, 1.82) is 0 Å². The smallest absolute Gasteiger partial charge is 0.257 e. The molecule has 1 aromatic carbocycles. The highest BCUT2D eigenvalue weighted by Gasteiger charge is 2.43. The fraction of sp³-hybridized carbons (Fsp3) is 0.455. The number of carbonyl (C=O) groups is 2. The lowest BCUT2D eigenvalue weighted by Gasteiger charge is -2.43. The molecule has 0 atom stereocenters. The summed E-state index contributed by atoms with van der Waals surface area (Å²) in [6.45, 7) is 2.65. The van der Waals surface area contributed by atoms with Crippen LogP contribution in [-0.2, 0) is 11.3 Å². The van der Waals surface area contributed by atoms with Crippen LogP contribution in [0.5, 0.6) is 5.75 Å². The van der Waals surface area contributed by atoms with E-state index >= 15 is 0 Å². The van der Waals surface area contributed by atoms with Gasteiger partial charge in [-0.3, -0.25) is 9.59 Å². The predicted octanol–water partition coefficient (Wildman–Crippen LogP) is 3.47. The first-order valence-corrected chi connectivity index (χ1v) is 9.79. The summed E-state index contributed by atoms with van der Waals surface area (Å²) in [7, 11) is 1.86. The second kappa shape index (κ2) is 7.34. The van der Waals surface area contributed by atoms with Gasteiger partial charge in [-0.1, -0.05) is 18.2 Å². The maximum Gasteiger partial charge on any atom is 0.257 e. The first-order valence-electron chi connectivity index (χ1n) is 9.79. The van der Waals surface area contributed by atoms with Gasteiger partial charge in [0.1, 0.15) is 17.6 Å². The van der Waals surface area contributed by atoms with Crippen molar-refractivity contribution in [3.8, 4) is 5.75 Å². The molecule has 4 rings (SSSR count). The lowest BCUT2D eigenvalue weighted by Crippen LogP contribution is -2.52. The number of nitrogens with zero attached hydrogens (tertiary/aromatic N) is 2. The molecule has 0 unspecified atom stereocenters. The van der Waals surface area contributed by atoms with E-state index in [9.17, 15) is 9.59 Å². The van der Waals surface area contributed by atoms with Crippen LogP contribution < -0.4 is 4.74 Å². The topological polar surface area (TPSA) is 63.0 Å². The van der Waals surface area contributed by atoms with Crippen molar-refractivity contribution in [2.75, 3.05) is 13.6 Å². The Morgan fingerprint density at radius 1 is 1.18 bits per heavy atom. The van der Waals surface area contributed by atoms with Crippen LogP contribution in [0.25, 0.3) is 0 Å². The van der Waals surface area contributed by atoms with Crippen LogP contribution in [0.1, 0.15) is 48.5 Å². The zero-order chi connectivity index (χ0) is 19.7. The van der Waals surface area contributed by atoms with Crippen molar-refractivity contribution in [2.24, 2.45) is 0 Å². The highest BCUT2D eigenvalue weighted by Crippen LogP contribution is 2.39. The van der Waals surface area contributed by atoms with E-state index < -0.39 is 5.60 Å². The Morgan fingerprint density at radius 3 is 2.61 bits per heavy atom. The molecular weight excluding hydrogens is 356 g/mol.